The van der Waals surface area contributed by atoms with E-state index < -0.39 is 35.5 Å². The zero-order valence-electron chi connectivity index (χ0n) is 25.1. The van der Waals surface area contributed by atoms with E-state index in [0.29, 0.717) is 0 Å². The second kappa shape index (κ2) is 11.3. The Morgan fingerprint density at radius 2 is 0.767 bits per heavy atom. The molecule has 0 N–H and O–H groups in total. The number of hydrogen-bond donors (Lipinski definition) is 0. The van der Waals surface area contributed by atoms with Crippen molar-refractivity contribution in [1.82, 2.24) is 9.80 Å². The Bertz CT molecular complexity index is 1360. The lowest BCUT2D eigenvalue weighted by Crippen LogP contribution is -2.55. The average molecular weight is 575 g/mol. The van der Waals surface area contributed by atoms with Crippen molar-refractivity contribution in [3.05, 3.63) is 144 Å². The summed E-state index contributed by atoms with van der Waals surface area (Å²) in [5, 5.41) is 0. The molecule has 4 aromatic rings. The van der Waals surface area contributed by atoms with Gasteiger partial charge in [0.15, 0.2) is 11.2 Å². The van der Waals surface area contributed by atoms with E-state index in [2.05, 4.69) is 27.7 Å². The molecule has 4 aromatic carbocycles. The van der Waals surface area contributed by atoms with Crippen LogP contribution in [0, 0.1) is 11.8 Å². The Labute approximate surface area is 253 Å². The molecule has 0 unspecified atom stereocenters. The minimum absolute atomic E-state index is 0.00371. The van der Waals surface area contributed by atoms with Crippen molar-refractivity contribution in [3.8, 4) is 0 Å². The van der Waals surface area contributed by atoms with E-state index in [4.69, 9.17) is 9.47 Å². The van der Waals surface area contributed by atoms with E-state index in [-0.39, 0.29) is 18.5 Å². The standard InChI is InChI=1S/C37H38N2O4/c1-26(2)32-36(28-17-9-5-10-18-28,29-19-11-6-12-20-29)42-34(40)38(32)25-39-33(27(3)4)37(43-35(39)41,30-21-13-7-14-22-30)31-23-15-8-16-24-31/h5-24,26-27,32-33H,25H2,1-4H3/t32-,33-/m0/s1. The first-order chi connectivity index (χ1) is 20.8. The van der Waals surface area contributed by atoms with Crippen LogP contribution in [0.5, 0.6) is 0 Å². The molecule has 0 bridgehead atoms. The van der Waals surface area contributed by atoms with Gasteiger partial charge in [0.2, 0.25) is 0 Å². The van der Waals surface area contributed by atoms with Crippen LogP contribution in [0.1, 0.15) is 49.9 Å². The summed E-state index contributed by atoms with van der Waals surface area (Å²) in [6.45, 7) is 8.43. The zero-order chi connectivity index (χ0) is 30.2. The third-order valence-corrected chi connectivity index (χ3v) is 8.85. The third kappa shape index (κ3) is 4.56. The molecular formula is C37H38N2O4. The highest BCUT2D eigenvalue weighted by Crippen LogP contribution is 2.50. The van der Waals surface area contributed by atoms with Crippen LogP contribution in [-0.4, -0.2) is 40.7 Å². The lowest BCUT2D eigenvalue weighted by atomic mass is 9.75. The van der Waals surface area contributed by atoms with Gasteiger partial charge in [-0.2, -0.15) is 0 Å². The molecule has 6 nitrogen and oxygen atoms in total. The first kappa shape index (κ1) is 28.5. The fourth-order valence-electron chi connectivity index (χ4n) is 7.29. The van der Waals surface area contributed by atoms with Gasteiger partial charge < -0.3 is 9.47 Å². The highest BCUT2D eigenvalue weighted by atomic mass is 16.6. The Morgan fingerprint density at radius 3 is 1.00 bits per heavy atom. The van der Waals surface area contributed by atoms with Crippen LogP contribution in [0.25, 0.3) is 0 Å². The van der Waals surface area contributed by atoms with Crippen molar-refractivity contribution >= 4 is 12.2 Å². The largest absolute Gasteiger partial charge is 0.431 e. The first-order valence-electron chi connectivity index (χ1n) is 15.0. The van der Waals surface area contributed by atoms with Crippen LogP contribution in [0.15, 0.2) is 121 Å². The molecule has 2 amide bonds. The van der Waals surface area contributed by atoms with E-state index in [9.17, 15) is 9.59 Å². The van der Waals surface area contributed by atoms with E-state index in [1.807, 2.05) is 121 Å². The third-order valence-electron chi connectivity index (χ3n) is 8.85. The van der Waals surface area contributed by atoms with Gasteiger partial charge in [0, 0.05) is 22.3 Å². The number of carbonyl (C=O) groups is 2. The maximum Gasteiger partial charge on any atom is 0.412 e. The van der Waals surface area contributed by atoms with Gasteiger partial charge in [0.1, 0.15) is 6.67 Å². The molecule has 2 fully saturated rings. The van der Waals surface area contributed by atoms with Crippen molar-refractivity contribution in [2.75, 3.05) is 6.67 Å². The normalized spacial score (nSPS) is 20.9. The minimum Gasteiger partial charge on any atom is -0.431 e. The van der Waals surface area contributed by atoms with Crippen LogP contribution < -0.4 is 0 Å². The van der Waals surface area contributed by atoms with Crippen molar-refractivity contribution in [2.45, 2.75) is 51.0 Å². The molecule has 0 aliphatic carbocycles. The number of rotatable bonds is 8. The average Bonchev–Trinajstić information content (AvgIpc) is 3.51. The maximum atomic E-state index is 14.0. The van der Waals surface area contributed by atoms with E-state index in [1.165, 1.54) is 0 Å². The van der Waals surface area contributed by atoms with Gasteiger partial charge in [-0.1, -0.05) is 149 Å². The molecule has 0 radical (unpaired) electrons. The molecule has 2 heterocycles. The second-order valence-corrected chi connectivity index (χ2v) is 12.1. The van der Waals surface area contributed by atoms with Gasteiger partial charge in [0.05, 0.1) is 12.1 Å². The van der Waals surface area contributed by atoms with Gasteiger partial charge in [-0.3, -0.25) is 9.80 Å². The fourth-order valence-corrected chi connectivity index (χ4v) is 7.29. The van der Waals surface area contributed by atoms with E-state index in [1.54, 1.807) is 9.80 Å². The Balaban J connectivity index is 1.48. The van der Waals surface area contributed by atoms with Gasteiger partial charge >= 0.3 is 12.2 Å². The summed E-state index contributed by atoms with van der Waals surface area (Å²) in [6, 6.07) is 38.9. The molecule has 2 saturated heterocycles. The van der Waals surface area contributed by atoms with Gasteiger partial charge in [-0.25, -0.2) is 9.59 Å². The molecule has 2 aliphatic heterocycles. The molecule has 0 spiro atoms. The predicted molar refractivity (Wildman–Crippen MR) is 166 cm³/mol. The number of hydrogen-bond acceptors (Lipinski definition) is 4. The molecule has 6 heteroatoms. The number of benzene rings is 4. The summed E-state index contributed by atoms with van der Waals surface area (Å²) in [5.41, 5.74) is 1.46. The zero-order valence-corrected chi connectivity index (χ0v) is 25.1. The Hall–Kier alpha value is -4.58. The summed E-state index contributed by atoms with van der Waals surface area (Å²) in [7, 11) is 0. The molecule has 220 valence electrons. The maximum absolute atomic E-state index is 14.0. The van der Waals surface area contributed by atoms with Crippen molar-refractivity contribution in [1.29, 1.82) is 0 Å². The number of cyclic esters (lactones) is 2. The summed E-state index contributed by atoms with van der Waals surface area (Å²) < 4.78 is 13.0. The molecule has 2 aliphatic rings. The second-order valence-electron chi connectivity index (χ2n) is 12.1. The molecule has 0 aromatic heterocycles. The lowest BCUT2D eigenvalue weighted by Gasteiger charge is -2.41. The SMILES string of the molecule is CC(C)[C@@H]1N(CN2C(=O)OC(c3ccccc3)(c3ccccc3)[C@@H]2C(C)C)C(=O)OC1(c1ccccc1)c1ccccc1. The number of ether oxygens (including phenoxy) is 2. The van der Waals surface area contributed by atoms with Crippen LogP contribution in [0.2, 0.25) is 0 Å². The topological polar surface area (TPSA) is 59.1 Å². The van der Waals surface area contributed by atoms with E-state index in [0.717, 1.165) is 22.3 Å². The van der Waals surface area contributed by atoms with Crippen LogP contribution >= 0.6 is 0 Å². The summed E-state index contributed by atoms with van der Waals surface area (Å²) in [4.78, 5) is 31.6. The van der Waals surface area contributed by atoms with Crippen LogP contribution in [0.3, 0.4) is 0 Å². The van der Waals surface area contributed by atoms with Gasteiger partial charge in [0.25, 0.3) is 0 Å². The highest BCUT2D eigenvalue weighted by molar-refractivity contribution is 5.77. The quantitative estimate of drug-likeness (QED) is 0.216. The van der Waals surface area contributed by atoms with Gasteiger partial charge in [-0.15, -0.1) is 0 Å². The molecule has 43 heavy (non-hydrogen) atoms. The fraction of sp³-hybridized carbons (Fsp3) is 0.297. The summed E-state index contributed by atoms with van der Waals surface area (Å²) in [6.07, 6.45) is -0.919. The van der Waals surface area contributed by atoms with Crippen LogP contribution in [-0.2, 0) is 20.7 Å². The Kier molecular flexibility index (Phi) is 7.47. The smallest absolute Gasteiger partial charge is 0.412 e. The molecule has 2 atom stereocenters. The predicted octanol–water partition coefficient (Wildman–Crippen LogP) is 7.79. The van der Waals surface area contributed by atoms with Crippen LogP contribution in [0.4, 0.5) is 9.59 Å². The number of amides is 2. The summed E-state index contributed by atoms with van der Waals surface area (Å²) in [5.74, 6) is -0.00743. The lowest BCUT2D eigenvalue weighted by molar-refractivity contribution is 0.0439. The number of nitrogens with zero attached hydrogens (tertiary/aromatic N) is 2. The molecular weight excluding hydrogens is 536 g/mol. The first-order valence-corrected chi connectivity index (χ1v) is 15.0. The molecule has 0 saturated carbocycles. The minimum atomic E-state index is -1.05. The highest BCUT2D eigenvalue weighted by Gasteiger charge is 2.61. The van der Waals surface area contributed by atoms with Crippen molar-refractivity contribution < 1.29 is 19.1 Å². The van der Waals surface area contributed by atoms with Crippen molar-refractivity contribution in [2.24, 2.45) is 11.8 Å². The van der Waals surface area contributed by atoms with Crippen molar-refractivity contribution in [3.63, 3.8) is 0 Å². The van der Waals surface area contributed by atoms with Gasteiger partial charge in [-0.05, 0) is 11.8 Å². The Morgan fingerprint density at radius 1 is 0.512 bits per heavy atom. The number of carbonyl (C=O) groups excluding carboxylic acids is 2. The monoisotopic (exact) mass is 574 g/mol. The van der Waals surface area contributed by atoms with E-state index >= 15 is 0 Å². The summed E-state index contributed by atoms with van der Waals surface area (Å²) >= 11 is 0. The molecule has 6 rings (SSSR count).